The van der Waals surface area contributed by atoms with Crippen LogP contribution in [-0.2, 0) is 4.79 Å². The maximum absolute atomic E-state index is 12.9. The number of phenols is 1. The second-order valence-electron chi connectivity index (χ2n) is 7.88. The van der Waals surface area contributed by atoms with E-state index in [2.05, 4.69) is 15.3 Å². The fraction of sp³-hybridized carbons (Fsp3) is 0.0800. The molecule has 4 rings (SSSR count). The van der Waals surface area contributed by atoms with Gasteiger partial charge in [0.25, 0.3) is 11.5 Å². The van der Waals surface area contributed by atoms with E-state index in [1.54, 1.807) is 31.2 Å². The number of para-hydroxylation sites is 1. The standard InChI is InChI=1S/C25H21N5O6/c1-13-20(24(34)30(29-13)17-10-8-14(9-11-17)21(31)23(26)33)28-27-19-7-3-6-18(22(19)32)15-4-2-5-16(12-15)25(35)36/h2-12,21,29,31-32H,1H3,(H2,26,33)(H,35,36). The summed E-state index contributed by atoms with van der Waals surface area (Å²) in [5.74, 6) is -2.20. The molecule has 11 heteroatoms. The van der Waals surface area contributed by atoms with E-state index < -0.39 is 23.5 Å². The van der Waals surface area contributed by atoms with Crippen molar-refractivity contribution >= 4 is 23.3 Å². The summed E-state index contributed by atoms with van der Waals surface area (Å²) in [5.41, 5.74) is 6.72. The molecule has 0 aliphatic rings. The molecule has 1 aromatic heterocycles. The minimum Gasteiger partial charge on any atom is -0.505 e. The van der Waals surface area contributed by atoms with Crippen molar-refractivity contribution in [1.29, 1.82) is 0 Å². The van der Waals surface area contributed by atoms with Crippen LogP contribution in [0.5, 0.6) is 5.75 Å². The molecule has 0 spiro atoms. The Bertz CT molecular complexity index is 1550. The summed E-state index contributed by atoms with van der Waals surface area (Å²) in [5, 5.41) is 40.7. The van der Waals surface area contributed by atoms with Crippen molar-refractivity contribution in [2.75, 3.05) is 0 Å². The van der Waals surface area contributed by atoms with Crippen LogP contribution < -0.4 is 11.3 Å². The normalized spacial score (nSPS) is 12.1. The van der Waals surface area contributed by atoms with Gasteiger partial charge in [0.2, 0.25) is 0 Å². The highest BCUT2D eigenvalue weighted by Gasteiger charge is 2.16. The summed E-state index contributed by atoms with van der Waals surface area (Å²) in [6.07, 6.45) is -1.46. The van der Waals surface area contributed by atoms with Crippen LogP contribution >= 0.6 is 0 Å². The van der Waals surface area contributed by atoms with Gasteiger partial charge in [0.05, 0.1) is 16.9 Å². The van der Waals surface area contributed by atoms with E-state index in [0.29, 0.717) is 22.5 Å². The topological polar surface area (TPSA) is 183 Å². The van der Waals surface area contributed by atoms with Gasteiger partial charge in [0.15, 0.2) is 17.5 Å². The quantitative estimate of drug-likeness (QED) is 0.249. The van der Waals surface area contributed by atoms with E-state index in [0.717, 1.165) is 0 Å². The first kappa shape index (κ1) is 24.1. The summed E-state index contributed by atoms with van der Waals surface area (Å²) < 4.78 is 1.22. The zero-order chi connectivity index (χ0) is 26.0. The fourth-order valence-electron chi connectivity index (χ4n) is 3.58. The number of H-pyrrole nitrogens is 1. The molecular formula is C25H21N5O6. The number of aliphatic hydroxyl groups is 1. The smallest absolute Gasteiger partial charge is 0.335 e. The lowest BCUT2D eigenvalue weighted by Crippen LogP contribution is -2.21. The number of carbonyl (C=O) groups excluding carboxylic acids is 1. The van der Waals surface area contributed by atoms with Crippen molar-refractivity contribution in [2.24, 2.45) is 16.0 Å². The zero-order valence-electron chi connectivity index (χ0n) is 18.9. The number of amides is 1. The van der Waals surface area contributed by atoms with Crippen LogP contribution in [0.2, 0.25) is 0 Å². The predicted molar refractivity (Wildman–Crippen MR) is 130 cm³/mol. The largest absolute Gasteiger partial charge is 0.505 e. The predicted octanol–water partition coefficient (Wildman–Crippen LogP) is 3.48. The molecule has 1 atom stereocenters. The first-order valence-electron chi connectivity index (χ1n) is 10.6. The number of hydrogen-bond acceptors (Lipinski definition) is 7. The van der Waals surface area contributed by atoms with E-state index in [9.17, 15) is 29.7 Å². The molecule has 1 unspecified atom stereocenters. The van der Waals surface area contributed by atoms with Crippen molar-refractivity contribution < 1.29 is 24.9 Å². The third-order valence-electron chi connectivity index (χ3n) is 5.47. The number of carboxylic acid groups (broad SMARTS) is 1. The Balaban J connectivity index is 1.65. The summed E-state index contributed by atoms with van der Waals surface area (Å²) in [7, 11) is 0. The number of nitrogens with one attached hydrogen (secondary N) is 1. The number of aromatic nitrogens is 2. The first-order valence-corrected chi connectivity index (χ1v) is 10.6. The number of aromatic amines is 1. The van der Waals surface area contributed by atoms with E-state index in [1.165, 1.54) is 47.1 Å². The number of aryl methyl sites for hydroxylation is 1. The Hall–Kier alpha value is -5.03. The van der Waals surface area contributed by atoms with E-state index >= 15 is 0 Å². The molecule has 0 bridgehead atoms. The molecule has 0 fully saturated rings. The van der Waals surface area contributed by atoms with Crippen LogP contribution in [0.4, 0.5) is 11.4 Å². The summed E-state index contributed by atoms with van der Waals surface area (Å²) >= 11 is 0. The van der Waals surface area contributed by atoms with Crippen LogP contribution in [0.1, 0.15) is 27.7 Å². The van der Waals surface area contributed by atoms with Crippen molar-refractivity contribution in [3.05, 3.63) is 93.9 Å². The highest BCUT2D eigenvalue weighted by atomic mass is 16.4. The molecule has 4 aromatic rings. The number of carboxylic acids is 1. The van der Waals surface area contributed by atoms with Crippen molar-refractivity contribution in [2.45, 2.75) is 13.0 Å². The average molecular weight is 487 g/mol. The van der Waals surface area contributed by atoms with Crippen LogP contribution in [-0.4, -0.2) is 37.0 Å². The number of carbonyl (C=O) groups is 2. The molecule has 6 N–H and O–H groups in total. The van der Waals surface area contributed by atoms with Crippen molar-refractivity contribution in [1.82, 2.24) is 9.78 Å². The molecule has 0 aliphatic carbocycles. The van der Waals surface area contributed by atoms with Crippen molar-refractivity contribution in [3.63, 3.8) is 0 Å². The van der Waals surface area contributed by atoms with Gasteiger partial charge in [-0.05, 0) is 48.4 Å². The van der Waals surface area contributed by atoms with Crippen LogP contribution in [0.15, 0.2) is 81.8 Å². The van der Waals surface area contributed by atoms with Crippen LogP contribution in [0.25, 0.3) is 16.8 Å². The Labute approximate surface area is 203 Å². The maximum Gasteiger partial charge on any atom is 0.335 e. The fourth-order valence-corrected chi connectivity index (χ4v) is 3.58. The molecule has 11 nitrogen and oxygen atoms in total. The molecule has 0 aliphatic heterocycles. The van der Waals surface area contributed by atoms with Gasteiger partial charge in [0.1, 0.15) is 5.69 Å². The average Bonchev–Trinajstić information content (AvgIpc) is 3.16. The number of phenolic OH excluding ortho intramolecular Hbond substituents is 1. The minimum atomic E-state index is -1.46. The van der Waals surface area contributed by atoms with E-state index in [1.807, 2.05) is 0 Å². The lowest BCUT2D eigenvalue weighted by molar-refractivity contribution is -0.126. The van der Waals surface area contributed by atoms with Gasteiger partial charge < -0.3 is 21.1 Å². The number of rotatable bonds is 7. The van der Waals surface area contributed by atoms with Crippen LogP contribution in [0.3, 0.4) is 0 Å². The third-order valence-corrected chi connectivity index (χ3v) is 5.47. The number of aromatic hydroxyl groups is 1. The third kappa shape index (κ3) is 4.63. The highest BCUT2D eigenvalue weighted by molar-refractivity contribution is 5.90. The van der Waals surface area contributed by atoms with E-state index in [-0.39, 0.29) is 28.3 Å². The molecule has 182 valence electrons. The summed E-state index contributed by atoms with van der Waals surface area (Å²) in [6.45, 7) is 1.63. The molecule has 0 radical (unpaired) electrons. The van der Waals surface area contributed by atoms with Gasteiger partial charge in [0, 0.05) is 5.56 Å². The molecule has 36 heavy (non-hydrogen) atoms. The van der Waals surface area contributed by atoms with Gasteiger partial charge in [-0.1, -0.05) is 36.4 Å². The Morgan fingerprint density at radius 3 is 2.39 bits per heavy atom. The molecule has 1 amide bonds. The number of aliphatic hydroxyl groups excluding tert-OH is 1. The minimum absolute atomic E-state index is 0.00826. The number of hydrogen-bond donors (Lipinski definition) is 5. The van der Waals surface area contributed by atoms with Gasteiger partial charge in [-0.2, -0.15) is 0 Å². The SMILES string of the molecule is Cc1[nH]n(-c2ccc(C(O)C(N)=O)cc2)c(=O)c1N=Nc1cccc(-c2cccc(C(=O)O)c2)c1O. The maximum atomic E-state index is 12.9. The second kappa shape index (κ2) is 9.68. The van der Waals surface area contributed by atoms with Gasteiger partial charge in [-0.15, -0.1) is 10.2 Å². The molecular weight excluding hydrogens is 466 g/mol. The highest BCUT2D eigenvalue weighted by Crippen LogP contribution is 2.38. The monoisotopic (exact) mass is 487 g/mol. The second-order valence-corrected chi connectivity index (χ2v) is 7.88. The molecule has 0 saturated carbocycles. The number of azo groups is 1. The van der Waals surface area contributed by atoms with Crippen molar-refractivity contribution in [3.8, 4) is 22.6 Å². The van der Waals surface area contributed by atoms with Crippen LogP contribution in [0, 0.1) is 6.92 Å². The van der Waals surface area contributed by atoms with E-state index in [4.69, 9.17) is 5.73 Å². The molecule has 3 aromatic carbocycles. The Morgan fingerprint density at radius 1 is 1.03 bits per heavy atom. The molecule has 0 saturated heterocycles. The first-order chi connectivity index (χ1) is 17.2. The number of nitrogens with two attached hydrogens (primary N) is 1. The zero-order valence-corrected chi connectivity index (χ0v) is 18.9. The van der Waals surface area contributed by atoms with Gasteiger partial charge in [-0.3, -0.25) is 14.7 Å². The van der Waals surface area contributed by atoms with Gasteiger partial charge in [-0.25, -0.2) is 9.48 Å². The Morgan fingerprint density at radius 2 is 1.72 bits per heavy atom. The summed E-state index contributed by atoms with van der Waals surface area (Å²) in [6, 6.07) is 16.8. The van der Waals surface area contributed by atoms with Gasteiger partial charge >= 0.3 is 5.97 Å². The number of aromatic carboxylic acids is 1. The lowest BCUT2D eigenvalue weighted by Gasteiger charge is -2.08. The number of nitrogens with zero attached hydrogens (tertiary/aromatic N) is 3. The lowest BCUT2D eigenvalue weighted by atomic mass is 10.0. The summed E-state index contributed by atoms with van der Waals surface area (Å²) in [4.78, 5) is 35.4. The number of benzene rings is 3. The molecule has 1 heterocycles. The number of primary amides is 1. The Kier molecular flexibility index (Phi) is 6.48.